The van der Waals surface area contributed by atoms with Gasteiger partial charge in [-0.15, -0.1) is 0 Å². The zero-order valence-corrected chi connectivity index (χ0v) is 9.27. The van der Waals surface area contributed by atoms with E-state index in [-0.39, 0.29) is 0 Å². The van der Waals surface area contributed by atoms with E-state index in [0.29, 0.717) is 5.41 Å². The highest BCUT2D eigenvalue weighted by Crippen LogP contribution is 2.51. The summed E-state index contributed by atoms with van der Waals surface area (Å²) in [5, 5.41) is 3.67. The van der Waals surface area contributed by atoms with Crippen LogP contribution in [-0.4, -0.2) is 12.6 Å². The molecule has 0 spiro atoms. The third-order valence-corrected chi connectivity index (χ3v) is 3.81. The Bertz CT molecular complexity index is 182. The molecule has 1 nitrogen and oxygen atoms in total. The van der Waals surface area contributed by atoms with Gasteiger partial charge in [-0.1, -0.05) is 26.7 Å². The molecule has 2 fully saturated rings. The first kappa shape index (κ1) is 9.51. The van der Waals surface area contributed by atoms with Gasteiger partial charge in [-0.3, -0.25) is 0 Å². The number of rotatable bonds is 5. The molecule has 0 aromatic carbocycles. The highest BCUT2D eigenvalue weighted by molar-refractivity contribution is 4.96. The lowest BCUT2D eigenvalue weighted by molar-refractivity contribution is 0.446. The van der Waals surface area contributed by atoms with Crippen LogP contribution in [0.5, 0.6) is 0 Å². The number of hydrogen-bond acceptors (Lipinski definition) is 1. The molecule has 0 radical (unpaired) electrons. The minimum atomic E-state index is 0.645. The second kappa shape index (κ2) is 3.27. The molecule has 2 aliphatic rings. The average Bonchev–Trinajstić information content (AvgIpc) is 2.88. The first-order valence-corrected chi connectivity index (χ1v) is 5.81. The summed E-state index contributed by atoms with van der Waals surface area (Å²) in [5.41, 5.74) is 0.645. The van der Waals surface area contributed by atoms with Gasteiger partial charge in [0.2, 0.25) is 0 Å². The van der Waals surface area contributed by atoms with Crippen molar-refractivity contribution >= 4 is 0 Å². The molecule has 0 aromatic rings. The Morgan fingerprint density at radius 2 is 2.00 bits per heavy atom. The van der Waals surface area contributed by atoms with Crippen LogP contribution in [0.4, 0.5) is 0 Å². The molecule has 2 aliphatic carbocycles. The molecule has 1 heteroatoms. The summed E-state index contributed by atoms with van der Waals surface area (Å²) in [4.78, 5) is 0. The van der Waals surface area contributed by atoms with Gasteiger partial charge in [0.1, 0.15) is 0 Å². The van der Waals surface area contributed by atoms with Crippen LogP contribution in [-0.2, 0) is 0 Å². The molecule has 0 bridgehead atoms. The van der Waals surface area contributed by atoms with Crippen molar-refractivity contribution in [1.29, 1.82) is 0 Å². The van der Waals surface area contributed by atoms with Crippen molar-refractivity contribution in [2.24, 2.45) is 17.3 Å². The highest BCUT2D eigenvalue weighted by Gasteiger charge is 2.44. The predicted octanol–water partition coefficient (Wildman–Crippen LogP) is 2.81. The predicted molar refractivity (Wildman–Crippen MR) is 56.7 cm³/mol. The second-order valence-electron chi connectivity index (χ2n) is 5.88. The molecule has 1 N–H and O–H groups in total. The van der Waals surface area contributed by atoms with Gasteiger partial charge in [0.15, 0.2) is 0 Å². The molecular formula is C12H23N. The third kappa shape index (κ3) is 2.70. The summed E-state index contributed by atoms with van der Waals surface area (Å²) in [7, 11) is 0. The van der Waals surface area contributed by atoms with E-state index in [1.54, 1.807) is 0 Å². The maximum Gasteiger partial charge on any atom is 0.00414 e. The molecule has 0 saturated heterocycles. The van der Waals surface area contributed by atoms with Crippen LogP contribution in [0.15, 0.2) is 0 Å². The lowest BCUT2D eigenvalue weighted by Gasteiger charge is -2.13. The van der Waals surface area contributed by atoms with E-state index in [1.165, 1.54) is 32.2 Å². The van der Waals surface area contributed by atoms with E-state index in [0.717, 1.165) is 17.9 Å². The molecule has 0 amide bonds. The van der Waals surface area contributed by atoms with Gasteiger partial charge >= 0.3 is 0 Å². The first-order valence-electron chi connectivity index (χ1n) is 5.81. The molecule has 76 valence electrons. The Morgan fingerprint density at radius 3 is 2.46 bits per heavy atom. The van der Waals surface area contributed by atoms with Crippen molar-refractivity contribution in [3.8, 4) is 0 Å². The molecule has 2 atom stereocenters. The van der Waals surface area contributed by atoms with E-state index in [2.05, 4.69) is 26.1 Å². The molecular weight excluding hydrogens is 158 g/mol. The van der Waals surface area contributed by atoms with Crippen LogP contribution < -0.4 is 5.32 Å². The maximum absolute atomic E-state index is 3.67. The first-order chi connectivity index (χ1) is 6.08. The fourth-order valence-corrected chi connectivity index (χ4v) is 2.20. The molecule has 0 aliphatic heterocycles. The highest BCUT2D eigenvalue weighted by atomic mass is 14.9. The summed E-state index contributed by atoms with van der Waals surface area (Å²) >= 11 is 0. The smallest absolute Gasteiger partial charge is 0.00414 e. The van der Waals surface area contributed by atoms with E-state index in [1.807, 2.05) is 0 Å². The largest absolute Gasteiger partial charge is 0.314 e. The third-order valence-electron chi connectivity index (χ3n) is 3.81. The van der Waals surface area contributed by atoms with E-state index in [9.17, 15) is 0 Å². The lowest BCUT2D eigenvalue weighted by atomic mass is 10.1. The SMILES string of the molecule is CC(CC1CC1)NCC1CC1(C)C. The molecule has 2 rings (SSSR count). The van der Waals surface area contributed by atoms with Crippen LogP contribution in [0.2, 0.25) is 0 Å². The molecule has 0 heterocycles. The lowest BCUT2D eigenvalue weighted by Crippen LogP contribution is -2.29. The van der Waals surface area contributed by atoms with Crippen molar-refractivity contribution in [2.45, 2.75) is 52.5 Å². The van der Waals surface area contributed by atoms with Crippen LogP contribution >= 0.6 is 0 Å². The summed E-state index contributed by atoms with van der Waals surface area (Å²) in [5.74, 6) is 2.02. The quantitative estimate of drug-likeness (QED) is 0.687. The monoisotopic (exact) mass is 181 g/mol. The summed E-state index contributed by atoms with van der Waals surface area (Å²) in [6.45, 7) is 8.35. The van der Waals surface area contributed by atoms with Gasteiger partial charge < -0.3 is 5.32 Å². The normalized spacial score (nSPS) is 33.0. The van der Waals surface area contributed by atoms with Crippen LogP contribution in [0.3, 0.4) is 0 Å². The van der Waals surface area contributed by atoms with Gasteiger partial charge in [-0.2, -0.15) is 0 Å². The number of nitrogens with one attached hydrogen (secondary N) is 1. The fraction of sp³-hybridized carbons (Fsp3) is 1.00. The van der Waals surface area contributed by atoms with E-state index >= 15 is 0 Å². The van der Waals surface area contributed by atoms with Crippen molar-refractivity contribution in [3.05, 3.63) is 0 Å². The average molecular weight is 181 g/mol. The molecule has 13 heavy (non-hydrogen) atoms. The zero-order valence-electron chi connectivity index (χ0n) is 9.27. The second-order valence-corrected chi connectivity index (χ2v) is 5.88. The van der Waals surface area contributed by atoms with Gasteiger partial charge in [-0.05, 0) is 43.6 Å². The Kier molecular flexibility index (Phi) is 2.39. The zero-order chi connectivity index (χ0) is 9.47. The van der Waals surface area contributed by atoms with Gasteiger partial charge in [0, 0.05) is 6.04 Å². The molecule has 2 unspecified atom stereocenters. The minimum Gasteiger partial charge on any atom is -0.314 e. The van der Waals surface area contributed by atoms with Crippen LogP contribution in [0.1, 0.15) is 46.5 Å². The minimum absolute atomic E-state index is 0.645. The Morgan fingerprint density at radius 1 is 1.38 bits per heavy atom. The van der Waals surface area contributed by atoms with Gasteiger partial charge in [0.05, 0.1) is 0 Å². The van der Waals surface area contributed by atoms with E-state index in [4.69, 9.17) is 0 Å². The van der Waals surface area contributed by atoms with E-state index < -0.39 is 0 Å². The maximum atomic E-state index is 3.67. The Hall–Kier alpha value is -0.0400. The number of hydrogen-bond donors (Lipinski definition) is 1. The van der Waals surface area contributed by atoms with Gasteiger partial charge in [0.25, 0.3) is 0 Å². The summed E-state index contributed by atoms with van der Waals surface area (Å²) in [6.07, 6.45) is 5.81. The standard InChI is InChI=1S/C12H23N/c1-9(6-10-4-5-10)13-8-11-7-12(11,2)3/h9-11,13H,4-8H2,1-3H3. The Labute approximate surface area is 82.3 Å². The summed E-state index contributed by atoms with van der Waals surface area (Å²) < 4.78 is 0. The Balaban J connectivity index is 1.57. The molecule has 0 aromatic heterocycles. The van der Waals surface area contributed by atoms with Crippen molar-refractivity contribution in [1.82, 2.24) is 5.32 Å². The van der Waals surface area contributed by atoms with Crippen LogP contribution in [0.25, 0.3) is 0 Å². The van der Waals surface area contributed by atoms with Crippen molar-refractivity contribution < 1.29 is 0 Å². The van der Waals surface area contributed by atoms with Crippen LogP contribution in [0, 0.1) is 17.3 Å². The van der Waals surface area contributed by atoms with Crippen molar-refractivity contribution in [3.63, 3.8) is 0 Å². The topological polar surface area (TPSA) is 12.0 Å². The summed E-state index contributed by atoms with van der Waals surface area (Å²) in [6, 6.07) is 0.754. The molecule has 2 saturated carbocycles. The van der Waals surface area contributed by atoms with Gasteiger partial charge in [-0.25, -0.2) is 0 Å². The van der Waals surface area contributed by atoms with Crippen molar-refractivity contribution in [2.75, 3.05) is 6.54 Å². The fourth-order valence-electron chi connectivity index (χ4n) is 2.20.